The van der Waals surface area contributed by atoms with E-state index in [0.717, 1.165) is 0 Å². The van der Waals surface area contributed by atoms with Gasteiger partial charge in [0.1, 0.15) is 17.0 Å². The van der Waals surface area contributed by atoms with Crippen molar-refractivity contribution in [3.63, 3.8) is 0 Å². The van der Waals surface area contributed by atoms with Crippen LogP contribution in [0, 0.1) is 0 Å². The summed E-state index contributed by atoms with van der Waals surface area (Å²) in [5.41, 5.74) is -1.29. The van der Waals surface area contributed by atoms with Crippen LogP contribution in [0.25, 0.3) is 0 Å². The number of imide groups is 1. The van der Waals surface area contributed by atoms with Crippen molar-refractivity contribution in [2.24, 2.45) is 0 Å². The summed E-state index contributed by atoms with van der Waals surface area (Å²) in [7, 11) is 0. The molecule has 2 saturated heterocycles. The van der Waals surface area contributed by atoms with E-state index in [0.29, 0.717) is 57.4 Å². The average Bonchev–Trinajstić information content (AvgIpc) is 3.14. The molecule has 0 unspecified atom stereocenters. The molecule has 2 aliphatic rings. The summed E-state index contributed by atoms with van der Waals surface area (Å²) in [6, 6.07) is 0. The van der Waals surface area contributed by atoms with Gasteiger partial charge in [0, 0.05) is 65.2 Å². The molecule has 14 nitrogen and oxygen atoms in total. The van der Waals surface area contributed by atoms with Crippen LogP contribution in [0.15, 0.2) is 0 Å². The van der Waals surface area contributed by atoms with Crippen LogP contribution in [0.5, 0.6) is 0 Å². The molecule has 14 heteroatoms. The fourth-order valence-electron chi connectivity index (χ4n) is 4.61. The lowest BCUT2D eigenvalue weighted by Crippen LogP contribution is -2.50. The molecular formula is C29H49N5O9. The highest BCUT2D eigenvalue weighted by atomic mass is 16.7. The predicted molar refractivity (Wildman–Crippen MR) is 155 cm³/mol. The van der Waals surface area contributed by atoms with Crippen molar-refractivity contribution < 1.29 is 43.1 Å². The third kappa shape index (κ3) is 14.9. The molecule has 0 spiro atoms. The molecule has 244 valence electrons. The molecule has 0 N–H and O–H groups in total. The first-order valence-electron chi connectivity index (χ1n) is 14.8. The van der Waals surface area contributed by atoms with Crippen LogP contribution >= 0.6 is 0 Å². The van der Waals surface area contributed by atoms with E-state index in [1.54, 1.807) is 41.5 Å². The molecule has 0 aliphatic carbocycles. The number of amides is 2. The van der Waals surface area contributed by atoms with Gasteiger partial charge in [0.15, 0.2) is 0 Å². The quantitative estimate of drug-likeness (QED) is 0.257. The monoisotopic (exact) mass is 611 g/mol. The van der Waals surface area contributed by atoms with Gasteiger partial charge in [-0.3, -0.25) is 43.6 Å². The van der Waals surface area contributed by atoms with Crippen LogP contribution in [0.1, 0.15) is 61.3 Å². The first-order valence-corrected chi connectivity index (χ1v) is 14.8. The summed E-state index contributed by atoms with van der Waals surface area (Å²) >= 11 is 0. The molecule has 2 fully saturated rings. The zero-order valence-electron chi connectivity index (χ0n) is 26.8. The minimum absolute atomic E-state index is 0.000401. The van der Waals surface area contributed by atoms with Gasteiger partial charge in [0.25, 0.3) is 11.8 Å². The second-order valence-electron chi connectivity index (χ2n) is 13.0. The highest BCUT2D eigenvalue weighted by Crippen LogP contribution is 2.13. The van der Waals surface area contributed by atoms with Gasteiger partial charge in [-0.05, 0) is 48.5 Å². The lowest BCUT2D eigenvalue weighted by molar-refractivity contribution is -0.198. The summed E-state index contributed by atoms with van der Waals surface area (Å²) in [5.74, 6) is -2.65. The van der Waals surface area contributed by atoms with Crippen LogP contribution in [0.3, 0.4) is 0 Å². The first-order chi connectivity index (χ1) is 19.9. The lowest BCUT2D eigenvalue weighted by atomic mass is 10.2. The van der Waals surface area contributed by atoms with E-state index in [9.17, 15) is 28.8 Å². The Labute approximate surface area is 254 Å². The van der Waals surface area contributed by atoms with Crippen LogP contribution in [-0.4, -0.2) is 150 Å². The smallest absolute Gasteiger partial charge is 0.347 e. The average molecular weight is 612 g/mol. The van der Waals surface area contributed by atoms with E-state index in [1.165, 1.54) is 6.92 Å². The number of carbonyl (C=O) groups is 6. The van der Waals surface area contributed by atoms with Crippen molar-refractivity contribution in [3.8, 4) is 0 Å². The van der Waals surface area contributed by atoms with Gasteiger partial charge in [-0.15, -0.1) is 5.06 Å². The fourth-order valence-corrected chi connectivity index (χ4v) is 4.61. The van der Waals surface area contributed by atoms with Gasteiger partial charge < -0.3 is 14.3 Å². The van der Waals surface area contributed by atoms with Crippen molar-refractivity contribution in [2.45, 2.75) is 72.5 Å². The van der Waals surface area contributed by atoms with Gasteiger partial charge in [-0.2, -0.15) is 0 Å². The largest absolute Gasteiger partial charge is 0.459 e. The Morgan fingerprint density at radius 3 is 1.16 bits per heavy atom. The van der Waals surface area contributed by atoms with Crippen LogP contribution in [0.4, 0.5) is 0 Å². The molecule has 2 rings (SSSR count). The number of ketones is 1. The number of Topliss-reactive ketones (excluding diaryl/α,β-unsaturated/α-hetero) is 1. The molecule has 2 amide bonds. The van der Waals surface area contributed by atoms with Crippen LogP contribution < -0.4 is 0 Å². The van der Waals surface area contributed by atoms with E-state index in [-0.39, 0.29) is 50.8 Å². The highest BCUT2D eigenvalue weighted by Gasteiger charge is 2.33. The molecule has 0 aromatic rings. The Hall–Kier alpha value is -2.94. The zero-order chi connectivity index (χ0) is 32.4. The lowest BCUT2D eigenvalue weighted by Gasteiger charge is -2.34. The normalized spacial score (nSPS) is 19.5. The summed E-state index contributed by atoms with van der Waals surface area (Å²) in [6.07, 6.45) is 0.000802. The number of esters is 2. The van der Waals surface area contributed by atoms with E-state index in [2.05, 4.69) is 0 Å². The topological polar surface area (TPSA) is 146 Å². The van der Waals surface area contributed by atoms with Crippen LogP contribution in [0.2, 0.25) is 0 Å². The number of ether oxygens (including phenoxy) is 2. The maximum Gasteiger partial charge on any atom is 0.347 e. The van der Waals surface area contributed by atoms with Gasteiger partial charge in [0.2, 0.25) is 0 Å². The van der Waals surface area contributed by atoms with Crippen molar-refractivity contribution in [1.29, 1.82) is 0 Å². The summed E-state index contributed by atoms with van der Waals surface area (Å²) < 4.78 is 11.1. The molecule has 0 bridgehead atoms. The van der Waals surface area contributed by atoms with Crippen molar-refractivity contribution in [3.05, 3.63) is 0 Å². The Bertz CT molecular complexity index is 1000. The number of carbonyl (C=O) groups excluding carboxylic acids is 6. The molecule has 43 heavy (non-hydrogen) atoms. The Morgan fingerprint density at radius 1 is 0.558 bits per heavy atom. The molecule has 0 saturated carbocycles. The van der Waals surface area contributed by atoms with Gasteiger partial charge in [0.05, 0.1) is 26.2 Å². The second-order valence-corrected chi connectivity index (χ2v) is 13.0. The Kier molecular flexibility index (Phi) is 13.7. The number of hydroxylamine groups is 2. The van der Waals surface area contributed by atoms with Crippen molar-refractivity contribution in [1.82, 2.24) is 24.7 Å². The number of nitrogens with zero attached hydrogens (tertiary/aromatic N) is 5. The van der Waals surface area contributed by atoms with E-state index in [4.69, 9.17) is 14.3 Å². The summed E-state index contributed by atoms with van der Waals surface area (Å²) in [5, 5.41) is 0.523. The van der Waals surface area contributed by atoms with Gasteiger partial charge in [-0.1, -0.05) is 0 Å². The van der Waals surface area contributed by atoms with E-state index >= 15 is 0 Å². The molecule has 0 aromatic heterocycles. The minimum atomic E-state index is -0.754. The fraction of sp³-hybridized carbons (Fsp3) is 0.793. The Balaban J connectivity index is 2.21. The van der Waals surface area contributed by atoms with E-state index < -0.39 is 35.0 Å². The molecular weight excluding hydrogens is 562 g/mol. The highest BCUT2D eigenvalue weighted by molar-refractivity contribution is 6.01. The first kappa shape index (κ1) is 36.3. The SMILES string of the molecule is CC(=O)CN1CCN(CC(=O)ON2C(=O)CCC2=O)CCN(CC(=O)OC(C)(C)C)CCN(CC(=O)OC(C)(C)C)CC1. The number of hydrogen-bond acceptors (Lipinski definition) is 13. The maximum atomic E-state index is 12.7. The zero-order valence-corrected chi connectivity index (χ0v) is 26.8. The van der Waals surface area contributed by atoms with Crippen molar-refractivity contribution in [2.75, 3.05) is 78.5 Å². The molecule has 0 radical (unpaired) electrons. The summed E-state index contributed by atoms with van der Waals surface area (Å²) in [6.45, 7) is 15.7. The predicted octanol–water partition coefficient (Wildman–Crippen LogP) is 0.0876. The maximum absolute atomic E-state index is 12.7. The van der Waals surface area contributed by atoms with Gasteiger partial charge in [-0.25, -0.2) is 4.79 Å². The third-order valence-electron chi connectivity index (χ3n) is 6.47. The van der Waals surface area contributed by atoms with E-state index in [1.807, 2.05) is 19.6 Å². The second kappa shape index (κ2) is 16.2. The minimum Gasteiger partial charge on any atom is -0.459 e. The molecule has 0 atom stereocenters. The number of rotatable bonds is 9. The molecule has 2 aliphatic heterocycles. The third-order valence-corrected chi connectivity index (χ3v) is 6.47. The number of hydrogen-bond donors (Lipinski definition) is 0. The molecule has 0 aromatic carbocycles. The van der Waals surface area contributed by atoms with Gasteiger partial charge >= 0.3 is 17.9 Å². The summed E-state index contributed by atoms with van der Waals surface area (Å²) in [4.78, 5) is 86.7. The van der Waals surface area contributed by atoms with Crippen LogP contribution in [-0.2, 0) is 43.1 Å². The Morgan fingerprint density at radius 2 is 0.860 bits per heavy atom. The standard InChI is InChI=1S/C29H49N5O9/c1-22(35)18-30-10-12-31(19-25(38)41-28(2,3)4)14-15-32(20-26(39)42-29(5,6)7)16-17-33(13-11-30)21-27(40)43-34-23(36)8-9-24(34)37/h8-21H2,1-7H3. The van der Waals surface area contributed by atoms with Crippen molar-refractivity contribution >= 4 is 35.5 Å². The molecule has 2 heterocycles.